The normalized spacial score (nSPS) is 12.6. The third-order valence-corrected chi connectivity index (χ3v) is 5.33. The van der Waals surface area contributed by atoms with Crippen LogP contribution >= 0.6 is 0 Å². The van der Waals surface area contributed by atoms with Gasteiger partial charge in [0.1, 0.15) is 6.61 Å². The average Bonchev–Trinajstić information content (AvgIpc) is 3.08. The highest BCUT2D eigenvalue weighted by atomic mass is 19.1. The van der Waals surface area contributed by atoms with Crippen molar-refractivity contribution in [3.63, 3.8) is 0 Å². The molecule has 0 saturated carbocycles. The van der Waals surface area contributed by atoms with Gasteiger partial charge in [-0.2, -0.15) is 4.39 Å². The number of ether oxygens (including phenoxy) is 1. The van der Waals surface area contributed by atoms with Crippen LogP contribution in [-0.4, -0.2) is 24.2 Å². The van der Waals surface area contributed by atoms with Gasteiger partial charge in [-0.15, -0.1) is 0 Å². The van der Waals surface area contributed by atoms with Gasteiger partial charge in [0.15, 0.2) is 0 Å². The van der Waals surface area contributed by atoms with Gasteiger partial charge in [0.25, 0.3) is 0 Å². The lowest BCUT2D eigenvalue weighted by Crippen LogP contribution is -2.26. The van der Waals surface area contributed by atoms with Gasteiger partial charge >= 0.3 is 6.09 Å². The molecule has 30 heavy (non-hydrogen) atoms. The first-order valence-corrected chi connectivity index (χ1v) is 10.0. The summed E-state index contributed by atoms with van der Waals surface area (Å²) in [4.78, 5) is 15.8. The molecule has 152 valence electrons. The highest BCUT2D eigenvalue weighted by Crippen LogP contribution is 2.44. The number of aryl methyl sites for hydroxylation is 1. The topological polar surface area (TPSA) is 51.2 Å². The number of carbonyl (C=O) groups is 1. The summed E-state index contributed by atoms with van der Waals surface area (Å²) in [6.07, 6.45) is 5.42. The Morgan fingerprint density at radius 2 is 1.80 bits per heavy atom. The molecule has 1 N–H and O–H groups in total. The van der Waals surface area contributed by atoms with Crippen LogP contribution in [-0.2, 0) is 4.74 Å². The van der Waals surface area contributed by atoms with Crippen molar-refractivity contribution in [2.45, 2.75) is 19.3 Å². The third-order valence-electron chi connectivity index (χ3n) is 5.33. The van der Waals surface area contributed by atoms with E-state index in [1.165, 1.54) is 34.5 Å². The van der Waals surface area contributed by atoms with Crippen molar-refractivity contribution in [1.82, 2.24) is 10.3 Å². The quantitative estimate of drug-likeness (QED) is 0.439. The largest absolute Gasteiger partial charge is 0.449 e. The number of fused-ring (bicyclic) bond motifs is 3. The number of halogens is 1. The number of amides is 1. The number of nitrogens with one attached hydrogen (secondary N) is 1. The first kappa shape index (κ1) is 19.8. The van der Waals surface area contributed by atoms with E-state index in [0.29, 0.717) is 19.6 Å². The first-order valence-electron chi connectivity index (χ1n) is 10.0. The second-order valence-electron chi connectivity index (χ2n) is 7.31. The molecule has 0 fully saturated rings. The maximum atomic E-state index is 13.2. The molecule has 2 aromatic carbocycles. The Morgan fingerprint density at radius 1 is 1.13 bits per heavy atom. The van der Waals surface area contributed by atoms with Crippen LogP contribution in [0.15, 0.2) is 66.9 Å². The molecule has 1 amide bonds. The summed E-state index contributed by atoms with van der Waals surface area (Å²) in [6, 6.07) is 17.9. The Morgan fingerprint density at radius 3 is 2.50 bits per heavy atom. The Balaban J connectivity index is 1.28. The van der Waals surface area contributed by atoms with Crippen molar-refractivity contribution in [1.29, 1.82) is 0 Å². The Kier molecular flexibility index (Phi) is 5.89. The van der Waals surface area contributed by atoms with E-state index in [4.69, 9.17) is 4.74 Å². The molecule has 4 rings (SSSR count). The fraction of sp³-hybridized carbons (Fsp3) is 0.200. The molecular weight excluding hydrogens is 379 g/mol. The van der Waals surface area contributed by atoms with Gasteiger partial charge in [-0.3, -0.25) is 0 Å². The number of rotatable bonds is 6. The van der Waals surface area contributed by atoms with Crippen molar-refractivity contribution in [3.8, 4) is 11.1 Å². The lowest BCUT2D eigenvalue weighted by atomic mass is 9.98. The van der Waals surface area contributed by atoms with Crippen LogP contribution in [0, 0.1) is 12.9 Å². The van der Waals surface area contributed by atoms with Crippen molar-refractivity contribution in [3.05, 3.63) is 95.1 Å². The first-order chi connectivity index (χ1) is 14.6. The van der Waals surface area contributed by atoms with E-state index in [1.54, 1.807) is 0 Å². The van der Waals surface area contributed by atoms with Crippen LogP contribution in [0.4, 0.5) is 9.18 Å². The van der Waals surface area contributed by atoms with Gasteiger partial charge in [-0.1, -0.05) is 60.7 Å². The van der Waals surface area contributed by atoms with Crippen LogP contribution in [0.5, 0.6) is 0 Å². The Bertz CT molecular complexity index is 1050. The zero-order valence-corrected chi connectivity index (χ0v) is 16.8. The van der Waals surface area contributed by atoms with Gasteiger partial charge in [-0.05, 0) is 46.7 Å². The maximum Gasteiger partial charge on any atom is 0.407 e. The summed E-state index contributed by atoms with van der Waals surface area (Å²) in [5, 5.41) is 2.77. The fourth-order valence-electron chi connectivity index (χ4n) is 3.81. The minimum atomic E-state index is -0.503. The predicted molar refractivity (Wildman–Crippen MR) is 116 cm³/mol. The molecule has 0 radical (unpaired) electrons. The highest BCUT2D eigenvalue weighted by molar-refractivity contribution is 5.79. The van der Waals surface area contributed by atoms with Crippen molar-refractivity contribution < 1.29 is 13.9 Å². The zero-order chi connectivity index (χ0) is 20.9. The van der Waals surface area contributed by atoms with E-state index in [1.807, 2.05) is 43.3 Å². The number of hydrogen-bond donors (Lipinski definition) is 1. The van der Waals surface area contributed by atoms with E-state index in [-0.39, 0.29) is 5.92 Å². The minimum absolute atomic E-state index is 0.0487. The van der Waals surface area contributed by atoms with Gasteiger partial charge in [0.2, 0.25) is 5.95 Å². The van der Waals surface area contributed by atoms with E-state index in [0.717, 1.165) is 11.1 Å². The van der Waals surface area contributed by atoms with Gasteiger partial charge in [0.05, 0.1) is 0 Å². The molecule has 3 aromatic rings. The van der Waals surface area contributed by atoms with E-state index >= 15 is 0 Å². The predicted octanol–water partition coefficient (Wildman–Crippen LogP) is 5.47. The van der Waals surface area contributed by atoms with Crippen molar-refractivity contribution in [2.75, 3.05) is 13.2 Å². The molecule has 0 spiro atoms. The second-order valence-corrected chi connectivity index (χ2v) is 7.31. The lowest BCUT2D eigenvalue weighted by Gasteiger charge is -2.14. The summed E-state index contributed by atoms with van der Waals surface area (Å²) >= 11 is 0. The Hall–Kier alpha value is -3.47. The van der Waals surface area contributed by atoms with Crippen LogP contribution < -0.4 is 5.32 Å². The zero-order valence-electron chi connectivity index (χ0n) is 16.8. The van der Waals surface area contributed by atoms with Crippen LogP contribution in [0.3, 0.4) is 0 Å². The minimum Gasteiger partial charge on any atom is -0.449 e. The molecule has 0 saturated heterocycles. The number of alkyl carbamates (subject to hydrolysis) is 1. The highest BCUT2D eigenvalue weighted by Gasteiger charge is 2.28. The summed E-state index contributed by atoms with van der Waals surface area (Å²) < 4.78 is 18.7. The van der Waals surface area contributed by atoms with E-state index in [9.17, 15) is 9.18 Å². The molecular formula is C25H23FN2O2. The van der Waals surface area contributed by atoms with Gasteiger partial charge in [-0.25, -0.2) is 9.78 Å². The molecule has 1 heterocycles. The number of carbonyl (C=O) groups excluding carboxylic acids is 1. The molecule has 1 aliphatic carbocycles. The SMILES string of the molecule is Cc1cnc(F)cc1C=CCCNC(=O)OCC1c2ccccc2-c2ccccc21. The molecule has 1 aromatic heterocycles. The lowest BCUT2D eigenvalue weighted by molar-refractivity contribution is 0.143. The summed E-state index contributed by atoms with van der Waals surface area (Å²) in [5.74, 6) is -0.454. The van der Waals surface area contributed by atoms with Crippen molar-refractivity contribution >= 4 is 12.2 Å². The standard InChI is InChI=1S/C25H23FN2O2/c1-17-15-28-24(26)14-18(17)8-6-7-13-27-25(29)30-16-23-21-11-4-2-9-19(21)20-10-3-5-12-22(20)23/h2-6,8-12,14-15,23H,7,13,16H2,1H3,(H,27,29). The smallest absolute Gasteiger partial charge is 0.407 e. The maximum absolute atomic E-state index is 13.2. The number of benzene rings is 2. The fourth-order valence-corrected chi connectivity index (χ4v) is 3.81. The monoisotopic (exact) mass is 402 g/mol. The molecule has 4 nitrogen and oxygen atoms in total. The molecule has 0 unspecified atom stereocenters. The molecule has 0 bridgehead atoms. The number of nitrogens with zero attached hydrogens (tertiary/aromatic N) is 1. The molecule has 0 atom stereocenters. The van der Waals surface area contributed by atoms with E-state index < -0.39 is 12.0 Å². The average molecular weight is 402 g/mol. The van der Waals surface area contributed by atoms with Crippen LogP contribution in [0.1, 0.15) is 34.6 Å². The number of hydrogen-bond acceptors (Lipinski definition) is 3. The summed E-state index contributed by atoms with van der Waals surface area (Å²) in [5.41, 5.74) is 6.47. The van der Waals surface area contributed by atoms with Crippen LogP contribution in [0.25, 0.3) is 17.2 Å². The third kappa shape index (κ3) is 4.25. The summed E-state index contributed by atoms with van der Waals surface area (Å²) in [7, 11) is 0. The van der Waals surface area contributed by atoms with Crippen LogP contribution in [0.2, 0.25) is 0 Å². The van der Waals surface area contributed by atoms with Gasteiger partial charge < -0.3 is 10.1 Å². The van der Waals surface area contributed by atoms with Crippen molar-refractivity contribution in [2.24, 2.45) is 0 Å². The number of pyridine rings is 1. The van der Waals surface area contributed by atoms with E-state index in [2.05, 4.69) is 34.6 Å². The number of aromatic nitrogens is 1. The van der Waals surface area contributed by atoms with Gasteiger partial charge in [0, 0.05) is 24.7 Å². The molecule has 1 aliphatic rings. The Labute approximate surface area is 175 Å². The second kappa shape index (κ2) is 8.91. The summed E-state index contributed by atoms with van der Waals surface area (Å²) in [6.45, 7) is 2.62. The molecule has 0 aliphatic heterocycles. The molecule has 5 heteroatoms.